The van der Waals surface area contributed by atoms with Gasteiger partial charge in [-0.15, -0.1) is 0 Å². The Balaban J connectivity index is 1.62. The highest BCUT2D eigenvalue weighted by atomic mass is 79.9. The summed E-state index contributed by atoms with van der Waals surface area (Å²) in [5.41, 5.74) is 1.86. The summed E-state index contributed by atoms with van der Waals surface area (Å²) in [6, 6.07) is 12.0. The molecule has 1 aliphatic heterocycles. The number of hydrogen-bond acceptors (Lipinski definition) is 2. The van der Waals surface area contributed by atoms with E-state index in [-0.39, 0.29) is 11.6 Å². The Morgan fingerprint density at radius 1 is 1.17 bits per heavy atom. The number of morpholine rings is 1. The van der Waals surface area contributed by atoms with Crippen LogP contribution in [-0.2, 0) is 11.3 Å². The van der Waals surface area contributed by atoms with Gasteiger partial charge in [0, 0.05) is 15.6 Å². The minimum absolute atomic E-state index is 0.171. The van der Waals surface area contributed by atoms with Gasteiger partial charge in [-0.25, -0.2) is 4.39 Å². The average molecular weight is 394 g/mol. The van der Waals surface area contributed by atoms with Crippen LogP contribution >= 0.6 is 15.9 Å². The Morgan fingerprint density at radius 3 is 2.54 bits per heavy atom. The Morgan fingerprint density at radius 2 is 1.88 bits per heavy atom. The van der Waals surface area contributed by atoms with Gasteiger partial charge in [-0.1, -0.05) is 28.1 Å². The first-order valence-electron chi connectivity index (χ1n) is 7.88. The largest absolute Gasteiger partial charge is 0.370 e. The summed E-state index contributed by atoms with van der Waals surface area (Å²) in [5.74, 6) is -0.785. The molecule has 3 rings (SSSR count). The van der Waals surface area contributed by atoms with Gasteiger partial charge >= 0.3 is 0 Å². The van der Waals surface area contributed by atoms with Gasteiger partial charge < -0.3 is 15.0 Å². The van der Waals surface area contributed by atoms with Gasteiger partial charge in [0.2, 0.25) is 0 Å². The number of rotatable bonds is 4. The van der Waals surface area contributed by atoms with Crippen LogP contribution in [0.25, 0.3) is 0 Å². The quantitative estimate of drug-likeness (QED) is 0.836. The van der Waals surface area contributed by atoms with Crippen LogP contribution in [0.3, 0.4) is 0 Å². The van der Waals surface area contributed by atoms with Gasteiger partial charge in [-0.05, 0) is 30.3 Å². The van der Waals surface area contributed by atoms with Gasteiger partial charge in [0.25, 0.3) is 5.91 Å². The van der Waals surface area contributed by atoms with Crippen molar-refractivity contribution < 1.29 is 18.8 Å². The number of carbonyl (C=O) groups is 1. The average Bonchev–Trinajstić information content (AvgIpc) is 2.59. The number of halogens is 2. The van der Waals surface area contributed by atoms with Crippen LogP contribution in [0.5, 0.6) is 0 Å². The highest BCUT2D eigenvalue weighted by Gasteiger charge is 2.15. The molecule has 0 radical (unpaired) electrons. The van der Waals surface area contributed by atoms with Crippen molar-refractivity contribution in [2.24, 2.45) is 0 Å². The molecule has 2 aromatic carbocycles. The fraction of sp³-hybridized carbons (Fsp3) is 0.278. The molecule has 0 aromatic heterocycles. The number of amides is 1. The maximum atomic E-state index is 13.8. The Hall–Kier alpha value is -1.76. The molecule has 2 aromatic rings. The highest BCUT2D eigenvalue weighted by molar-refractivity contribution is 9.10. The number of quaternary nitrogens is 1. The SMILES string of the molecule is O=C(Nc1ccc(Br)cc1F)c1ccc(C[NH+]2CCOCC2)cc1. The van der Waals surface area contributed by atoms with E-state index in [1.807, 2.05) is 12.1 Å². The molecule has 1 aliphatic rings. The lowest BCUT2D eigenvalue weighted by Crippen LogP contribution is -3.12. The Kier molecular flexibility index (Phi) is 5.60. The molecule has 0 unspecified atom stereocenters. The predicted octanol–water partition coefficient (Wildman–Crippen LogP) is 2.26. The number of benzene rings is 2. The minimum atomic E-state index is -0.467. The van der Waals surface area contributed by atoms with Crippen molar-refractivity contribution in [3.05, 3.63) is 63.9 Å². The second-order valence-corrected chi connectivity index (χ2v) is 6.73. The van der Waals surface area contributed by atoms with E-state index >= 15 is 0 Å². The minimum Gasteiger partial charge on any atom is -0.370 e. The van der Waals surface area contributed by atoms with Gasteiger partial charge in [0.15, 0.2) is 0 Å². The summed E-state index contributed by atoms with van der Waals surface area (Å²) in [6.45, 7) is 4.53. The van der Waals surface area contributed by atoms with Gasteiger partial charge in [-0.2, -0.15) is 0 Å². The molecule has 0 atom stereocenters. The van der Waals surface area contributed by atoms with Crippen LogP contribution < -0.4 is 10.2 Å². The fourth-order valence-corrected chi connectivity index (χ4v) is 3.02. The number of hydrogen-bond donors (Lipinski definition) is 2. The molecule has 1 fully saturated rings. The molecule has 6 heteroatoms. The second-order valence-electron chi connectivity index (χ2n) is 5.81. The molecule has 2 N–H and O–H groups in total. The molecule has 24 heavy (non-hydrogen) atoms. The molecule has 1 amide bonds. The zero-order chi connectivity index (χ0) is 16.9. The standard InChI is InChI=1S/C18H18BrFN2O2/c19-15-5-6-17(16(20)11-15)21-18(23)14-3-1-13(2-4-14)12-22-7-9-24-10-8-22/h1-6,11H,7-10,12H2,(H,21,23)/p+1. The molecular weight excluding hydrogens is 375 g/mol. The van der Waals surface area contributed by atoms with E-state index in [0.717, 1.165) is 32.8 Å². The number of carbonyl (C=O) groups excluding carboxylic acids is 1. The smallest absolute Gasteiger partial charge is 0.255 e. The third-order valence-electron chi connectivity index (χ3n) is 4.05. The van der Waals surface area contributed by atoms with Gasteiger partial charge in [0.1, 0.15) is 25.5 Å². The van der Waals surface area contributed by atoms with E-state index in [1.165, 1.54) is 22.6 Å². The molecule has 0 aliphatic carbocycles. The fourth-order valence-electron chi connectivity index (χ4n) is 2.68. The maximum Gasteiger partial charge on any atom is 0.255 e. The first-order valence-corrected chi connectivity index (χ1v) is 8.68. The highest BCUT2D eigenvalue weighted by Crippen LogP contribution is 2.20. The van der Waals surface area contributed by atoms with E-state index in [4.69, 9.17) is 4.74 Å². The van der Waals surface area contributed by atoms with Crippen molar-refractivity contribution in [2.75, 3.05) is 31.6 Å². The van der Waals surface area contributed by atoms with Crippen molar-refractivity contribution >= 4 is 27.5 Å². The summed E-state index contributed by atoms with van der Waals surface area (Å²) < 4.78 is 19.8. The van der Waals surface area contributed by atoms with Crippen LogP contribution in [0, 0.1) is 5.82 Å². The first kappa shape index (κ1) is 17.1. The van der Waals surface area contributed by atoms with E-state index in [9.17, 15) is 9.18 Å². The zero-order valence-corrected chi connectivity index (χ0v) is 14.7. The third-order valence-corrected chi connectivity index (χ3v) is 4.54. The van der Waals surface area contributed by atoms with E-state index in [1.54, 1.807) is 18.2 Å². The molecular formula is C18H19BrFN2O2+. The third kappa shape index (κ3) is 4.41. The lowest BCUT2D eigenvalue weighted by atomic mass is 10.1. The maximum absolute atomic E-state index is 13.8. The second kappa shape index (κ2) is 7.88. The normalized spacial score (nSPS) is 15.2. The van der Waals surface area contributed by atoms with Gasteiger partial charge in [-0.3, -0.25) is 4.79 Å². The van der Waals surface area contributed by atoms with E-state index in [2.05, 4.69) is 21.2 Å². The topological polar surface area (TPSA) is 42.8 Å². The molecule has 126 valence electrons. The van der Waals surface area contributed by atoms with Crippen molar-refractivity contribution in [3.8, 4) is 0 Å². The molecule has 4 nitrogen and oxygen atoms in total. The van der Waals surface area contributed by atoms with E-state index in [0.29, 0.717) is 10.0 Å². The van der Waals surface area contributed by atoms with Crippen molar-refractivity contribution in [3.63, 3.8) is 0 Å². The summed E-state index contributed by atoms with van der Waals surface area (Å²) in [7, 11) is 0. The summed E-state index contributed by atoms with van der Waals surface area (Å²) in [6.07, 6.45) is 0. The first-order chi connectivity index (χ1) is 11.6. The summed E-state index contributed by atoms with van der Waals surface area (Å²) >= 11 is 3.19. The van der Waals surface area contributed by atoms with Crippen molar-refractivity contribution in [1.29, 1.82) is 0 Å². The molecule has 0 spiro atoms. The molecule has 1 saturated heterocycles. The van der Waals surface area contributed by atoms with Crippen molar-refractivity contribution in [2.45, 2.75) is 6.54 Å². The predicted molar refractivity (Wildman–Crippen MR) is 93.7 cm³/mol. The Bertz CT molecular complexity index is 715. The molecule has 0 bridgehead atoms. The zero-order valence-electron chi connectivity index (χ0n) is 13.1. The van der Waals surface area contributed by atoms with Crippen LogP contribution in [0.2, 0.25) is 0 Å². The lowest BCUT2D eigenvalue weighted by Gasteiger charge is -2.23. The molecule has 1 heterocycles. The summed E-state index contributed by atoms with van der Waals surface area (Å²) in [5, 5.41) is 2.60. The van der Waals surface area contributed by atoms with Crippen LogP contribution in [-0.4, -0.2) is 32.2 Å². The number of ether oxygens (including phenoxy) is 1. The van der Waals surface area contributed by atoms with Crippen LogP contribution in [0.1, 0.15) is 15.9 Å². The van der Waals surface area contributed by atoms with Crippen LogP contribution in [0.15, 0.2) is 46.9 Å². The Labute approximate surface area is 148 Å². The van der Waals surface area contributed by atoms with Crippen molar-refractivity contribution in [1.82, 2.24) is 0 Å². The molecule has 0 saturated carbocycles. The van der Waals surface area contributed by atoms with Gasteiger partial charge in [0.05, 0.1) is 18.9 Å². The lowest BCUT2D eigenvalue weighted by molar-refractivity contribution is -0.921. The summed E-state index contributed by atoms with van der Waals surface area (Å²) in [4.78, 5) is 13.7. The number of anilines is 1. The number of nitrogens with one attached hydrogen (secondary N) is 2. The van der Waals surface area contributed by atoms with E-state index < -0.39 is 5.82 Å². The monoisotopic (exact) mass is 393 g/mol. The van der Waals surface area contributed by atoms with Crippen LogP contribution in [0.4, 0.5) is 10.1 Å².